The van der Waals surface area contributed by atoms with Crippen molar-refractivity contribution >= 4 is 11.8 Å². The third-order valence-corrected chi connectivity index (χ3v) is 4.00. The Morgan fingerprint density at radius 3 is 2.39 bits per heavy atom. The zero-order valence-corrected chi connectivity index (χ0v) is 11.2. The van der Waals surface area contributed by atoms with Crippen LogP contribution in [0.1, 0.15) is 24.2 Å². The molecule has 0 saturated heterocycles. The summed E-state index contributed by atoms with van der Waals surface area (Å²) in [6.07, 6.45) is -0.808. The molecule has 18 heavy (non-hydrogen) atoms. The van der Waals surface area contributed by atoms with E-state index in [1.165, 1.54) is 17.8 Å². The van der Waals surface area contributed by atoms with Crippen LogP contribution in [0.4, 0.5) is 4.39 Å². The number of benzene rings is 2. The molecular formula is C15H15FOS. The van der Waals surface area contributed by atoms with Gasteiger partial charge in [0.1, 0.15) is 5.82 Å². The van der Waals surface area contributed by atoms with Gasteiger partial charge in [-0.2, -0.15) is 0 Å². The van der Waals surface area contributed by atoms with Crippen LogP contribution in [-0.4, -0.2) is 5.11 Å². The van der Waals surface area contributed by atoms with E-state index < -0.39 is 6.10 Å². The SMILES string of the molecule is Cc1ccccc1Sc1cccc(F)c1[C@@H](C)O. The first-order valence-electron chi connectivity index (χ1n) is 5.79. The Bertz CT molecular complexity index is 552. The van der Waals surface area contributed by atoms with Crippen molar-refractivity contribution in [2.24, 2.45) is 0 Å². The molecule has 3 heteroatoms. The van der Waals surface area contributed by atoms with Crippen LogP contribution in [0.2, 0.25) is 0 Å². The Kier molecular flexibility index (Phi) is 4.04. The molecule has 94 valence electrons. The van der Waals surface area contributed by atoms with Crippen LogP contribution in [0.3, 0.4) is 0 Å². The number of halogens is 1. The lowest BCUT2D eigenvalue weighted by Gasteiger charge is -2.13. The highest BCUT2D eigenvalue weighted by Crippen LogP contribution is 2.35. The predicted molar refractivity (Wildman–Crippen MR) is 72.3 cm³/mol. The van der Waals surface area contributed by atoms with E-state index in [0.717, 1.165) is 15.4 Å². The molecule has 0 amide bonds. The van der Waals surface area contributed by atoms with E-state index in [0.29, 0.717) is 5.56 Å². The first-order chi connectivity index (χ1) is 8.59. The number of aryl methyl sites for hydroxylation is 1. The Hall–Kier alpha value is -1.32. The molecular weight excluding hydrogens is 247 g/mol. The topological polar surface area (TPSA) is 20.2 Å². The Morgan fingerprint density at radius 1 is 1.06 bits per heavy atom. The van der Waals surface area contributed by atoms with Crippen molar-refractivity contribution in [2.75, 3.05) is 0 Å². The molecule has 1 atom stereocenters. The quantitative estimate of drug-likeness (QED) is 0.888. The van der Waals surface area contributed by atoms with Gasteiger partial charge in [0.05, 0.1) is 6.10 Å². The summed E-state index contributed by atoms with van der Waals surface area (Å²) in [5.41, 5.74) is 1.51. The molecule has 2 aromatic rings. The fourth-order valence-corrected chi connectivity index (χ4v) is 2.94. The van der Waals surface area contributed by atoms with Gasteiger partial charge in [-0.1, -0.05) is 36.0 Å². The monoisotopic (exact) mass is 262 g/mol. The summed E-state index contributed by atoms with van der Waals surface area (Å²) in [4.78, 5) is 1.84. The predicted octanol–water partition coefficient (Wildman–Crippen LogP) is 4.34. The molecule has 0 bridgehead atoms. The first kappa shape index (κ1) is 13.1. The molecule has 1 nitrogen and oxygen atoms in total. The summed E-state index contributed by atoms with van der Waals surface area (Å²) in [5, 5.41) is 9.68. The Labute approximate surface area is 111 Å². The van der Waals surface area contributed by atoms with Gasteiger partial charge in [0.2, 0.25) is 0 Å². The smallest absolute Gasteiger partial charge is 0.130 e. The standard InChI is InChI=1S/C15H15FOS/c1-10-6-3-4-8-13(10)18-14-9-5-7-12(16)15(14)11(2)17/h3-9,11,17H,1-2H3/t11-/m1/s1. The lowest BCUT2D eigenvalue weighted by atomic mass is 10.1. The minimum absolute atomic E-state index is 0.358. The highest BCUT2D eigenvalue weighted by molar-refractivity contribution is 7.99. The van der Waals surface area contributed by atoms with Crippen LogP contribution < -0.4 is 0 Å². The maximum atomic E-state index is 13.7. The van der Waals surface area contributed by atoms with Gasteiger partial charge in [-0.05, 0) is 37.6 Å². The lowest BCUT2D eigenvalue weighted by Crippen LogP contribution is -1.98. The lowest BCUT2D eigenvalue weighted by molar-refractivity contribution is 0.191. The molecule has 2 rings (SSSR count). The normalized spacial score (nSPS) is 12.4. The van der Waals surface area contributed by atoms with Crippen LogP contribution >= 0.6 is 11.8 Å². The number of aliphatic hydroxyl groups is 1. The van der Waals surface area contributed by atoms with Gasteiger partial charge in [-0.15, -0.1) is 0 Å². The van der Waals surface area contributed by atoms with Gasteiger partial charge in [0.15, 0.2) is 0 Å². The largest absolute Gasteiger partial charge is 0.389 e. The molecule has 0 unspecified atom stereocenters. The fourth-order valence-electron chi connectivity index (χ4n) is 1.80. The second kappa shape index (κ2) is 5.55. The zero-order valence-electron chi connectivity index (χ0n) is 10.4. The van der Waals surface area contributed by atoms with Gasteiger partial charge < -0.3 is 5.11 Å². The molecule has 0 radical (unpaired) electrons. The Morgan fingerprint density at radius 2 is 1.72 bits per heavy atom. The molecule has 0 fully saturated rings. The molecule has 0 saturated carbocycles. The van der Waals surface area contributed by atoms with E-state index in [-0.39, 0.29) is 5.82 Å². The van der Waals surface area contributed by atoms with Gasteiger partial charge in [-0.25, -0.2) is 4.39 Å². The van der Waals surface area contributed by atoms with E-state index in [2.05, 4.69) is 0 Å². The van der Waals surface area contributed by atoms with Gasteiger partial charge >= 0.3 is 0 Å². The molecule has 1 N–H and O–H groups in total. The highest BCUT2D eigenvalue weighted by atomic mass is 32.2. The number of hydrogen-bond acceptors (Lipinski definition) is 2. The summed E-state index contributed by atoms with van der Waals surface area (Å²) < 4.78 is 13.7. The average Bonchev–Trinajstić information content (AvgIpc) is 2.31. The third kappa shape index (κ3) is 2.74. The maximum absolute atomic E-state index is 13.7. The minimum Gasteiger partial charge on any atom is -0.389 e. The summed E-state index contributed by atoms with van der Waals surface area (Å²) in [7, 11) is 0. The highest BCUT2D eigenvalue weighted by Gasteiger charge is 2.14. The van der Waals surface area contributed by atoms with Gasteiger partial charge in [-0.3, -0.25) is 0 Å². The fraction of sp³-hybridized carbons (Fsp3) is 0.200. The van der Waals surface area contributed by atoms with E-state index in [4.69, 9.17) is 0 Å². The second-order valence-corrected chi connectivity index (χ2v) is 5.28. The van der Waals surface area contributed by atoms with Crippen LogP contribution in [0.15, 0.2) is 52.3 Å². The summed E-state index contributed by atoms with van der Waals surface area (Å²) in [5.74, 6) is -0.358. The molecule has 0 heterocycles. The van der Waals surface area contributed by atoms with Gasteiger partial charge in [0, 0.05) is 15.4 Å². The van der Waals surface area contributed by atoms with Crippen LogP contribution in [0.25, 0.3) is 0 Å². The number of aliphatic hydroxyl groups excluding tert-OH is 1. The van der Waals surface area contributed by atoms with Crippen molar-refractivity contribution < 1.29 is 9.50 Å². The van der Waals surface area contributed by atoms with Crippen molar-refractivity contribution in [3.63, 3.8) is 0 Å². The van der Waals surface area contributed by atoms with Gasteiger partial charge in [0.25, 0.3) is 0 Å². The minimum atomic E-state index is -0.808. The van der Waals surface area contributed by atoms with Crippen LogP contribution in [0, 0.1) is 12.7 Å². The third-order valence-electron chi connectivity index (χ3n) is 2.74. The number of hydrogen-bond donors (Lipinski definition) is 1. The molecule has 2 aromatic carbocycles. The van der Waals surface area contributed by atoms with Crippen molar-refractivity contribution in [1.82, 2.24) is 0 Å². The van der Waals surface area contributed by atoms with Crippen LogP contribution in [-0.2, 0) is 0 Å². The summed E-state index contributed by atoms with van der Waals surface area (Å²) in [6, 6.07) is 12.8. The molecule has 0 aromatic heterocycles. The van der Waals surface area contributed by atoms with Crippen molar-refractivity contribution in [3.05, 3.63) is 59.4 Å². The molecule has 0 aliphatic rings. The molecule has 0 aliphatic heterocycles. The zero-order chi connectivity index (χ0) is 13.1. The molecule has 0 spiro atoms. The van der Waals surface area contributed by atoms with E-state index in [9.17, 15) is 9.50 Å². The van der Waals surface area contributed by atoms with Crippen molar-refractivity contribution in [3.8, 4) is 0 Å². The van der Waals surface area contributed by atoms with Crippen molar-refractivity contribution in [1.29, 1.82) is 0 Å². The average molecular weight is 262 g/mol. The number of rotatable bonds is 3. The van der Waals surface area contributed by atoms with E-state index in [1.54, 1.807) is 13.0 Å². The van der Waals surface area contributed by atoms with Crippen LogP contribution in [0.5, 0.6) is 0 Å². The first-order valence-corrected chi connectivity index (χ1v) is 6.61. The summed E-state index contributed by atoms with van der Waals surface area (Å²) in [6.45, 7) is 3.60. The second-order valence-electron chi connectivity index (χ2n) is 4.20. The maximum Gasteiger partial charge on any atom is 0.130 e. The molecule has 0 aliphatic carbocycles. The summed E-state index contributed by atoms with van der Waals surface area (Å²) >= 11 is 1.48. The van der Waals surface area contributed by atoms with Crippen molar-refractivity contribution in [2.45, 2.75) is 29.7 Å². The van der Waals surface area contributed by atoms with E-state index in [1.807, 2.05) is 37.3 Å². The van der Waals surface area contributed by atoms with E-state index >= 15 is 0 Å². The Balaban J connectivity index is 2.41.